The Morgan fingerprint density at radius 3 is 2.36 bits per heavy atom. The van der Waals surface area contributed by atoms with Gasteiger partial charge in [-0.15, -0.1) is 0 Å². The number of thiocarbonyl (C=S) groups is 1. The molecule has 0 saturated carbocycles. The molecule has 0 fully saturated rings. The van der Waals surface area contributed by atoms with E-state index >= 15 is 0 Å². The number of rotatable bonds is 12. The molecule has 198 valence electrons. The van der Waals surface area contributed by atoms with Crippen LogP contribution in [0.5, 0.6) is 11.5 Å². The van der Waals surface area contributed by atoms with Gasteiger partial charge in [-0.2, -0.15) is 0 Å². The van der Waals surface area contributed by atoms with Gasteiger partial charge < -0.3 is 29.6 Å². The summed E-state index contributed by atoms with van der Waals surface area (Å²) in [5, 5.41) is 6.76. The van der Waals surface area contributed by atoms with Gasteiger partial charge in [-0.1, -0.05) is 24.3 Å². The van der Waals surface area contributed by atoms with Crippen LogP contribution in [0.4, 0.5) is 0 Å². The van der Waals surface area contributed by atoms with E-state index in [4.69, 9.17) is 31.2 Å². The van der Waals surface area contributed by atoms with Gasteiger partial charge >= 0.3 is 5.97 Å². The third-order valence-corrected chi connectivity index (χ3v) is 5.93. The first-order chi connectivity index (χ1) is 17.0. The van der Waals surface area contributed by atoms with E-state index in [-0.39, 0.29) is 12.8 Å². The van der Waals surface area contributed by atoms with Crippen LogP contribution in [0, 0.1) is 19.3 Å². The zero-order valence-electron chi connectivity index (χ0n) is 22.5. The van der Waals surface area contributed by atoms with Crippen molar-refractivity contribution < 1.29 is 23.7 Å². The van der Waals surface area contributed by atoms with Gasteiger partial charge in [0.25, 0.3) is 0 Å². The van der Waals surface area contributed by atoms with E-state index in [9.17, 15) is 4.79 Å². The van der Waals surface area contributed by atoms with Gasteiger partial charge in [0.15, 0.2) is 29.6 Å². The van der Waals surface area contributed by atoms with E-state index in [1.54, 1.807) is 14.2 Å². The van der Waals surface area contributed by atoms with Crippen LogP contribution < -0.4 is 20.1 Å². The molecular formula is C28H40N2O5S. The number of carbonyl (C=O) groups excluding carboxylic acids is 1. The SMILES string of the molecule is COCOc1ccc(CNC(=S)NC(CCCc2ccc(C)c(C)c2)OC(=O)C(C)(C)C)cc1OC. The van der Waals surface area contributed by atoms with Gasteiger partial charge in [0.2, 0.25) is 0 Å². The molecule has 0 radical (unpaired) electrons. The molecule has 8 heteroatoms. The molecule has 36 heavy (non-hydrogen) atoms. The van der Waals surface area contributed by atoms with Crippen molar-refractivity contribution in [1.82, 2.24) is 10.6 Å². The highest BCUT2D eigenvalue weighted by molar-refractivity contribution is 7.80. The summed E-state index contributed by atoms with van der Waals surface area (Å²) in [4.78, 5) is 12.6. The molecule has 2 N–H and O–H groups in total. The molecule has 0 amide bonds. The molecular weight excluding hydrogens is 476 g/mol. The number of ether oxygens (including phenoxy) is 4. The highest BCUT2D eigenvalue weighted by Gasteiger charge is 2.26. The van der Waals surface area contributed by atoms with Gasteiger partial charge in [-0.05, 0) is 94.1 Å². The third-order valence-electron chi connectivity index (χ3n) is 5.67. The number of hydrogen-bond acceptors (Lipinski definition) is 6. The van der Waals surface area contributed by atoms with Crippen LogP contribution in [0.15, 0.2) is 36.4 Å². The molecule has 0 aromatic heterocycles. The van der Waals surface area contributed by atoms with Crippen molar-refractivity contribution in [3.05, 3.63) is 58.7 Å². The lowest BCUT2D eigenvalue weighted by Gasteiger charge is -2.25. The maximum atomic E-state index is 12.6. The lowest BCUT2D eigenvalue weighted by Crippen LogP contribution is -2.45. The second-order valence-electron chi connectivity index (χ2n) is 9.82. The van der Waals surface area contributed by atoms with Gasteiger partial charge in [-0.3, -0.25) is 4.79 Å². The summed E-state index contributed by atoms with van der Waals surface area (Å²) >= 11 is 5.51. The Morgan fingerprint density at radius 2 is 1.72 bits per heavy atom. The molecule has 1 unspecified atom stereocenters. The molecule has 0 aliphatic carbocycles. The molecule has 1 atom stereocenters. The highest BCUT2D eigenvalue weighted by Crippen LogP contribution is 2.28. The quantitative estimate of drug-likeness (QED) is 0.227. The van der Waals surface area contributed by atoms with E-state index in [1.165, 1.54) is 16.7 Å². The predicted octanol–water partition coefficient (Wildman–Crippen LogP) is 5.20. The second kappa shape index (κ2) is 14.0. The van der Waals surface area contributed by atoms with Crippen LogP contribution in [0.1, 0.15) is 55.9 Å². The monoisotopic (exact) mass is 516 g/mol. The van der Waals surface area contributed by atoms with Crippen molar-refractivity contribution in [1.29, 1.82) is 0 Å². The minimum atomic E-state index is -0.605. The van der Waals surface area contributed by atoms with Crippen molar-refractivity contribution in [3.63, 3.8) is 0 Å². The fourth-order valence-electron chi connectivity index (χ4n) is 3.36. The highest BCUT2D eigenvalue weighted by atomic mass is 32.1. The summed E-state index contributed by atoms with van der Waals surface area (Å²) < 4.78 is 21.6. The average Bonchev–Trinajstić information content (AvgIpc) is 2.83. The van der Waals surface area contributed by atoms with Crippen molar-refractivity contribution >= 4 is 23.3 Å². The molecule has 0 aliphatic heterocycles. The Bertz CT molecular complexity index is 1020. The Hall–Kier alpha value is -2.84. The van der Waals surface area contributed by atoms with E-state index in [0.29, 0.717) is 29.6 Å². The largest absolute Gasteiger partial charge is 0.493 e. The van der Waals surface area contributed by atoms with Crippen LogP contribution in [0.2, 0.25) is 0 Å². The summed E-state index contributed by atoms with van der Waals surface area (Å²) in [6.45, 7) is 10.4. The summed E-state index contributed by atoms with van der Waals surface area (Å²) in [6.07, 6.45) is 1.85. The van der Waals surface area contributed by atoms with Crippen molar-refractivity contribution in [2.45, 2.75) is 66.7 Å². The molecule has 2 aromatic carbocycles. The molecule has 2 rings (SSSR count). The summed E-state index contributed by atoms with van der Waals surface area (Å²) in [5.41, 5.74) is 4.18. The van der Waals surface area contributed by atoms with E-state index in [2.05, 4.69) is 42.7 Å². The smallest absolute Gasteiger partial charge is 0.313 e. The molecule has 0 saturated heterocycles. The van der Waals surface area contributed by atoms with Crippen LogP contribution >= 0.6 is 12.2 Å². The number of carbonyl (C=O) groups is 1. The molecule has 7 nitrogen and oxygen atoms in total. The van der Waals surface area contributed by atoms with E-state index in [0.717, 1.165) is 18.4 Å². The van der Waals surface area contributed by atoms with Crippen LogP contribution in [-0.4, -0.2) is 38.3 Å². The second-order valence-corrected chi connectivity index (χ2v) is 10.2. The van der Waals surface area contributed by atoms with Gasteiger partial charge in [0.05, 0.1) is 12.5 Å². The normalized spacial score (nSPS) is 12.0. The molecule has 0 heterocycles. The minimum absolute atomic E-state index is 0.139. The first kappa shape index (κ1) is 29.4. The summed E-state index contributed by atoms with van der Waals surface area (Å²) in [7, 11) is 3.15. The zero-order valence-corrected chi connectivity index (χ0v) is 23.3. The molecule has 0 bridgehead atoms. The number of hydrogen-bond donors (Lipinski definition) is 2. The van der Waals surface area contributed by atoms with Crippen LogP contribution in [0.3, 0.4) is 0 Å². The molecule has 0 aliphatic rings. The number of methoxy groups -OCH3 is 2. The number of esters is 1. The topological polar surface area (TPSA) is 78.0 Å². The summed E-state index contributed by atoms with van der Waals surface area (Å²) in [5.74, 6) is 0.931. The van der Waals surface area contributed by atoms with Crippen molar-refractivity contribution in [3.8, 4) is 11.5 Å². The van der Waals surface area contributed by atoms with Crippen molar-refractivity contribution in [2.75, 3.05) is 21.0 Å². The average molecular weight is 517 g/mol. The standard InChI is InChI=1S/C28H40N2O5S/c1-19-11-12-21(15-20(19)2)9-8-10-25(35-26(31)28(3,4)5)30-27(36)29-17-22-13-14-23(34-18-32-6)24(16-22)33-7/h11-16,25H,8-10,17-18H2,1-7H3,(H2,29,30,36). The Balaban J connectivity index is 1.97. The van der Waals surface area contributed by atoms with Crippen LogP contribution in [0.25, 0.3) is 0 Å². The Kier molecular flexibility index (Phi) is 11.5. The maximum Gasteiger partial charge on any atom is 0.313 e. The number of aryl methyl sites for hydroxylation is 3. The maximum absolute atomic E-state index is 12.6. The lowest BCUT2D eigenvalue weighted by molar-refractivity contribution is -0.159. The van der Waals surface area contributed by atoms with Gasteiger partial charge in [0, 0.05) is 20.1 Å². The first-order valence-electron chi connectivity index (χ1n) is 12.1. The van der Waals surface area contributed by atoms with E-state index < -0.39 is 11.6 Å². The Morgan fingerprint density at radius 1 is 1.00 bits per heavy atom. The fourth-order valence-corrected chi connectivity index (χ4v) is 3.56. The van der Waals surface area contributed by atoms with Crippen molar-refractivity contribution in [2.24, 2.45) is 5.41 Å². The van der Waals surface area contributed by atoms with Gasteiger partial charge in [-0.25, -0.2) is 0 Å². The molecule has 2 aromatic rings. The minimum Gasteiger partial charge on any atom is -0.493 e. The fraction of sp³-hybridized carbons (Fsp3) is 0.500. The predicted molar refractivity (Wildman–Crippen MR) is 146 cm³/mol. The third kappa shape index (κ3) is 9.66. The van der Waals surface area contributed by atoms with E-state index in [1.807, 2.05) is 39.0 Å². The zero-order chi connectivity index (χ0) is 26.7. The Labute approximate surface area is 220 Å². The summed E-state index contributed by atoms with van der Waals surface area (Å²) in [6, 6.07) is 12.1. The molecule has 0 spiro atoms. The van der Waals surface area contributed by atoms with Crippen LogP contribution in [-0.2, 0) is 27.2 Å². The number of benzene rings is 2. The first-order valence-corrected chi connectivity index (χ1v) is 12.5. The van der Waals surface area contributed by atoms with Gasteiger partial charge in [0.1, 0.15) is 0 Å². The number of nitrogens with one attached hydrogen (secondary N) is 2. The lowest BCUT2D eigenvalue weighted by atomic mass is 9.97.